The minimum absolute atomic E-state index is 0.0680. The molecule has 18 heavy (non-hydrogen) atoms. The normalized spacial score (nSPS) is 24.2. The number of benzene rings is 1. The Balaban J connectivity index is 2.10. The molecular weight excluding hydrogens is 241 g/mol. The van der Waals surface area contributed by atoms with Crippen molar-refractivity contribution in [3.63, 3.8) is 0 Å². The van der Waals surface area contributed by atoms with Gasteiger partial charge < -0.3 is 4.74 Å². The van der Waals surface area contributed by atoms with Crippen molar-refractivity contribution in [2.75, 3.05) is 0 Å². The molecule has 0 spiro atoms. The van der Waals surface area contributed by atoms with Crippen LogP contribution in [0.25, 0.3) is 0 Å². The summed E-state index contributed by atoms with van der Waals surface area (Å²) in [4.78, 5) is 0. The summed E-state index contributed by atoms with van der Waals surface area (Å²) < 4.78 is 43.4. The third-order valence-corrected chi connectivity index (χ3v) is 3.56. The van der Waals surface area contributed by atoms with Crippen LogP contribution in [0.4, 0.5) is 13.2 Å². The highest BCUT2D eigenvalue weighted by molar-refractivity contribution is 5.30. The number of alkyl halides is 3. The van der Waals surface area contributed by atoms with Crippen LogP contribution >= 0.6 is 0 Å². The molecule has 0 heterocycles. The molecule has 1 fully saturated rings. The molecule has 1 aliphatic carbocycles. The van der Waals surface area contributed by atoms with E-state index in [1.54, 1.807) is 6.07 Å². The van der Waals surface area contributed by atoms with E-state index < -0.39 is 11.7 Å². The second kappa shape index (κ2) is 5.21. The van der Waals surface area contributed by atoms with Crippen LogP contribution in [-0.4, -0.2) is 6.10 Å². The Bertz CT molecular complexity index is 400. The molecule has 0 saturated heterocycles. The molecule has 0 bridgehead atoms. The lowest BCUT2D eigenvalue weighted by molar-refractivity contribution is -0.137. The highest BCUT2D eigenvalue weighted by Gasteiger charge is 2.32. The molecule has 2 rings (SSSR count). The molecule has 0 aromatic heterocycles. The number of hydrogen-bond acceptors (Lipinski definition) is 1. The molecule has 100 valence electrons. The summed E-state index contributed by atoms with van der Waals surface area (Å²) in [5.74, 6) is 0.801. The summed E-state index contributed by atoms with van der Waals surface area (Å²) >= 11 is 0. The second-order valence-electron chi connectivity index (χ2n) is 4.78. The number of rotatable bonds is 3. The summed E-state index contributed by atoms with van der Waals surface area (Å²) in [5.41, 5.74) is -0.647. The Morgan fingerprint density at radius 1 is 1.28 bits per heavy atom. The first-order chi connectivity index (χ1) is 8.50. The third kappa shape index (κ3) is 2.98. The van der Waals surface area contributed by atoms with Crippen LogP contribution in [-0.2, 0) is 6.18 Å². The van der Waals surface area contributed by atoms with Crippen molar-refractivity contribution in [1.82, 2.24) is 0 Å². The maximum absolute atomic E-state index is 12.6. The lowest BCUT2D eigenvalue weighted by atomic mass is 10.0. The molecule has 4 heteroatoms. The van der Waals surface area contributed by atoms with Gasteiger partial charge in [0.05, 0.1) is 5.56 Å². The predicted octanol–water partition coefficient (Wildman–Crippen LogP) is 4.66. The average Bonchev–Trinajstić information content (AvgIpc) is 2.75. The fourth-order valence-electron chi connectivity index (χ4n) is 2.55. The van der Waals surface area contributed by atoms with E-state index in [1.807, 2.05) is 0 Å². The van der Waals surface area contributed by atoms with Gasteiger partial charge in [0.15, 0.2) is 0 Å². The first-order valence-corrected chi connectivity index (χ1v) is 6.34. The zero-order valence-corrected chi connectivity index (χ0v) is 10.3. The van der Waals surface area contributed by atoms with Crippen molar-refractivity contribution >= 4 is 0 Å². The quantitative estimate of drug-likeness (QED) is 0.766. The van der Waals surface area contributed by atoms with Crippen molar-refractivity contribution in [1.29, 1.82) is 0 Å². The van der Waals surface area contributed by atoms with Gasteiger partial charge in [0.2, 0.25) is 0 Å². The Kier molecular flexibility index (Phi) is 3.83. The van der Waals surface area contributed by atoms with Gasteiger partial charge in [-0.25, -0.2) is 0 Å². The Morgan fingerprint density at radius 3 is 2.72 bits per heavy atom. The summed E-state index contributed by atoms with van der Waals surface area (Å²) in [6, 6.07) is 5.15. The molecular formula is C14H17F3O. The molecule has 2 unspecified atom stereocenters. The van der Waals surface area contributed by atoms with Crippen molar-refractivity contribution in [3.8, 4) is 5.75 Å². The molecule has 1 aromatic rings. The van der Waals surface area contributed by atoms with E-state index in [-0.39, 0.29) is 6.10 Å². The lowest BCUT2D eigenvalue weighted by Crippen LogP contribution is -2.21. The monoisotopic (exact) mass is 258 g/mol. The molecule has 1 aromatic carbocycles. The Morgan fingerprint density at radius 2 is 2.06 bits per heavy atom. The van der Waals surface area contributed by atoms with Crippen LogP contribution in [0, 0.1) is 5.92 Å². The summed E-state index contributed by atoms with van der Waals surface area (Å²) in [5, 5.41) is 0. The van der Waals surface area contributed by atoms with Crippen LogP contribution in [0.3, 0.4) is 0 Å². The predicted molar refractivity (Wildman–Crippen MR) is 63.5 cm³/mol. The highest BCUT2D eigenvalue weighted by Crippen LogP contribution is 2.34. The number of halogens is 3. The second-order valence-corrected chi connectivity index (χ2v) is 4.78. The van der Waals surface area contributed by atoms with E-state index in [9.17, 15) is 13.2 Å². The minimum atomic E-state index is -4.31. The van der Waals surface area contributed by atoms with Gasteiger partial charge in [-0.15, -0.1) is 0 Å². The summed E-state index contributed by atoms with van der Waals surface area (Å²) in [6.45, 7) is 2.10. The van der Waals surface area contributed by atoms with Gasteiger partial charge in [0, 0.05) is 0 Å². The number of hydrogen-bond donors (Lipinski definition) is 0. The maximum Gasteiger partial charge on any atom is 0.416 e. The maximum atomic E-state index is 12.6. The van der Waals surface area contributed by atoms with Crippen LogP contribution in [0.5, 0.6) is 5.75 Å². The molecule has 0 radical (unpaired) electrons. The largest absolute Gasteiger partial charge is 0.490 e. The van der Waals surface area contributed by atoms with Gasteiger partial charge in [-0.05, 0) is 49.8 Å². The van der Waals surface area contributed by atoms with E-state index in [4.69, 9.17) is 4.74 Å². The van der Waals surface area contributed by atoms with Gasteiger partial charge in [-0.3, -0.25) is 0 Å². The van der Waals surface area contributed by atoms with Gasteiger partial charge in [0.25, 0.3) is 0 Å². The smallest absolute Gasteiger partial charge is 0.416 e. The fraction of sp³-hybridized carbons (Fsp3) is 0.571. The number of ether oxygens (including phenoxy) is 1. The molecule has 1 saturated carbocycles. The first kappa shape index (κ1) is 13.2. The fourth-order valence-corrected chi connectivity index (χ4v) is 2.55. The summed E-state index contributed by atoms with van der Waals surface area (Å²) in [7, 11) is 0. The Labute approximate surface area is 105 Å². The molecule has 0 N–H and O–H groups in total. The Hall–Kier alpha value is -1.19. The van der Waals surface area contributed by atoms with E-state index in [0.717, 1.165) is 37.8 Å². The van der Waals surface area contributed by atoms with Crippen molar-refractivity contribution < 1.29 is 17.9 Å². The van der Waals surface area contributed by atoms with Gasteiger partial charge >= 0.3 is 6.18 Å². The molecule has 1 nitrogen and oxygen atoms in total. The zero-order valence-electron chi connectivity index (χ0n) is 10.3. The average molecular weight is 258 g/mol. The first-order valence-electron chi connectivity index (χ1n) is 6.34. The van der Waals surface area contributed by atoms with Crippen molar-refractivity contribution in [2.45, 2.75) is 44.9 Å². The van der Waals surface area contributed by atoms with Crippen LogP contribution in [0.15, 0.2) is 24.3 Å². The van der Waals surface area contributed by atoms with E-state index in [2.05, 4.69) is 6.92 Å². The molecule has 0 amide bonds. The highest BCUT2D eigenvalue weighted by atomic mass is 19.4. The van der Waals surface area contributed by atoms with Crippen LogP contribution in [0.2, 0.25) is 0 Å². The lowest BCUT2D eigenvalue weighted by Gasteiger charge is -2.20. The zero-order chi connectivity index (χ0) is 13.2. The van der Waals surface area contributed by atoms with E-state index in [1.165, 1.54) is 6.07 Å². The molecule has 0 aliphatic heterocycles. The standard InChI is InChI=1S/C14H17F3O/c1-2-10-5-3-8-13(10)18-12-7-4-6-11(9-12)14(15,16)17/h4,6-7,9-10,13H,2-3,5,8H2,1H3. The van der Waals surface area contributed by atoms with Gasteiger partial charge in [-0.2, -0.15) is 13.2 Å². The topological polar surface area (TPSA) is 9.23 Å². The molecule has 1 aliphatic rings. The third-order valence-electron chi connectivity index (χ3n) is 3.56. The summed E-state index contributed by atoms with van der Waals surface area (Å²) in [6.07, 6.45) is -0.0710. The molecule has 2 atom stereocenters. The SMILES string of the molecule is CCC1CCCC1Oc1cccc(C(F)(F)F)c1. The van der Waals surface area contributed by atoms with Crippen molar-refractivity contribution in [3.05, 3.63) is 29.8 Å². The van der Waals surface area contributed by atoms with Gasteiger partial charge in [0.1, 0.15) is 11.9 Å². The van der Waals surface area contributed by atoms with Crippen LogP contribution in [0.1, 0.15) is 38.2 Å². The van der Waals surface area contributed by atoms with Crippen LogP contribution < -0.4 is 4.74 Å². The van der Waals surface area contributed by atoms with E-state index in [0.29, 0.717) is 11.7 Å². The minimum Gasteiger partial charge on any atom is -0.490 e. The van der Waals surface area contributed by atoms with Gasteiger partial charge in [-0.1, -0.05) is 13.0 Å². The van der Waals surface area contributed by atoms with Crippen molar-refractivity contribution in [2.24, 2.45) is 5.92 Å². The van der Waals surface area contributed by atoms with E-state index >= 15 is 0 Å².